The van der Waals surface area contributed by atoms with E-state index in [4.69, 9.17) is 11.6 Å². The van der Waals surface area contributed by atoms with Crippen LogP contribution in [0.15, 0.2) is 36.7 Å². The van der Waals surface area contributed by atoms with E-state index in [9.17, 15) is 9.59 Å². The molecule has 0 bridgehead atoms. The van der Waals surface area contributed by atoms with Crippen molar-refractivity contribution in [3.8, 4) is 0 Å². The van der Waals surface area contributed by atoms with Crippen molar-refractivity contribution in [3.05, 3.63) is 47.2 Å². The number of nitrogens with one attached hydrogen (secondary N) is 1. The van der Waals surface area contributed by atoms with Gasteiger partial charge >= 0.3 is 0 Å². The molecule has 0 radical (unpaired) electrons. The lowest BCUT2D eigenvalue weighted by molar-refractivity contribution is -0.118. The molecule has 6 nitrogen and oxygen atoms in total. The number of carbonyl (C=O) groups excluding carboxylic acids is 2. The Labute approximate surface area is 132 Å². The van der Waals surface area contributed by atoms with Crippen molar-refractivity contribution in [3.63, 3.8) is 0 Å². The lowest BCUT2D eigenvalue weighted by atomic mass is 10.2. The molecule has 0 unspecified atom stereocenters. The molecule has 7 heteroatoms. The first-order chi connectivity index (χ1) is 10.6. The minimum Gasteiger partial charge on any atom is -0.340 e. The summed E-state index contributed by atoms with van der Waals surface area (Å²) in [6, 6.07) is 6.23. The first-order valence-electron chi connectivity index (χ1n) is 6.91. The number of carbonyl (C=O) groups is 2. The van der Waals surface area contributed by atoms with Crippen molar-refractivity contribution in [2.24, 2.45) is 7.05 Å². The smallest absolute Gasteiger partial charge is 0.253 e. The Morgan fingerprint density at radius 3 is 2.86 bits per heavy atom. The van der Waals surface area contributed by atoms with Gasteiger partial charge in [0.25, 0.3) is 5.91 Å². The fraction of sp³-hybridized carbons (Fsp3) is 0.267. The molecule has 0 spiro atoms. The van der Waals surface area contributed by atoms with E-state index in [0.717, 1.165) is 5.69 Å². The van der Waals surface area contributed by atoms with Crippen molar-refractivity contribution in [1.29, 1.82) is 0 Å². The Kier molecular flexibility index (Phi) is 3.85. The van der Waals surface area contributed by atoms with Gasteiger partial charge in [-0.25, -0.2) is 0 Å². The van der Waals surface area contributed by atoms with Gasteiger partial charge in [-0.05, 0) is 18.6 Å². The summed E-state index contributed by atoms with van der Waals surface area (Å²) < 4.78 is 1.64. The van der Waals surface area contributed by atoms with Crippen molar-refractivity contribution in [1.82, 2.24) is 15.1 Å². The normalized spacial score (nSPS) is 17.8. The Morgan fingerprint density at radius 1 is 1.41 bits per heavy atom. The minimum absolute atomic E-state index is 0.131. The quantitative estimate of drug-likeness (QED) is 0.935. The summed E-state index contributed by atoms with van der Waals surface area (Å²) in [6.45, 7) is 0.554. The average Bonchev–Trinajstić information content (AvgIpc) is 3.06. The highest BCUT2D eigenvalue weighted by atomic mass is 35.5. The van der Waals surface area contributed by atoms with E-state index in [2.05, 4.69) is 10.4 Å². The number of anilines is 1. The summed E-state index contributed by atoms with van der Waals surface area (Å²) in [4.78, 5) is 26.3. The number of aromatic nitrogens is 2. The lowest BCUT2D eigenvalue weighted by Crippen LogP contribution is -2.41. The summed E-state index contributed by atoms with van der Waals surface area (Å²) >= 11 is 6.00. The standard InChI is InChI=1S/C15H15ClN4O2/c1-19-9-10(8-17-19)20-7-6-13(15(20)22)18-14(21)11-4-2-3-5-12(11)16/h2-5,8-9,13H,6-7H2,1H3,(H,18,21)/t13-/m0/s1. The van der Waals surface area contributed by atoms with Crippen LogP contribution in [0.25, 0.3) is 0 Å². The van der Waals surface area contributed by atoms with Gasteiger partial charge in [-0.2, -0.15) is 5.10 Å². The van der Waals surface area contributed by atoms with Gasteiger partial charge in [0.05, 0.1) is 22.5 Å². The van der Waals surface area contributed by atoms with Crippen LogP contribution in [-0.2, 0) is 11.8 Å². The maximum absolute atomic E-state index is 12.4. The minimum atomic E-state index is -0.538. The van der Waals surface area contributed by atoms with Crippen LogP contribution in [-0.4, -0.2) is 34.2 Å². The molecular weight excluding hydrogens is 304 g/mol. The first-order valence-corrected chi connectivity index (χ1v) is 7.29. The molecule has 0 aliphatic carbocycles. The first kappa shape index (κ1) is 14.6. The van der Waals surface area contributed by atoms with Crippen molar-refractivity contribution in [2.45, 2.75) is 12.5 Å². The number of halogens is 1. The van der Waals surface area contributed by atoms with Crippen LogP contribution in [0.4, 0.5) is 5.69 Å². The van der Waals surface area contributed by atoms with E-state index in [-0.39, 0.29) is 11.8 Å². The van der Waals surface area contributed by atoms with Crippen LogP contribution >= 0.6 is 11.6 Å². The number of benzene rings is 1. The highest BCUT2D eigenvalue weighted by molar-refractivity contribution is 6.33. The van der Waals surface area contributed by atoms with Crippen LogP contribution in [0.5, 0.6) is 0 Å². The second-order valence-electron chi connectivity index (χ2n) is 5.16. The Morgan fingerprint density at radius 2 is 2.18 bits per heavy atom. The van der Waals surface area contributed by atoms with E-state index >= 15 is 0 Å². The van der Waals surface area contributed by atoms with Crippen LogP contribution < -0.4 is 10.2 Å². The molecule has 1 N–H and O–H groups in total. The maximum Gasteiger partial charge on any atom is 0.253 e. The number of rotatable bonds is 3. The Hall–Kier alpha value is -2.34. The lowest BCUT2D eigenvalue weighted by Gasteiger charge is -2.15. The Bertz CT molecular complexity index is 728. The monoisotopic (exact) mass is 318 g/mol. The second-order valence-corrected chi connectivity index (χ2v) is 5.56. The molecule has 2 heterocycles. The Balaban J connectivity index is 1.71. The van der Waals surface area contributed by atoms with Gasteiger partial charge in [0.15, 0.2) is 0 Å². The molecule has 3 rings (SSSR count). The molecule has 1 saturated heterocycles. The predicted molar refractivity (Wildman–Crippen MR) is 82.9 cm³/mol. The number of hydrogen-bond acceptors (Lipinski definition) is 3. The van der Waals surface area contributed by atoms with Gasteiger partial charge in [0, 0.05) is 19.8 Å². The zero-order valence-corrected chi connectivity index (χ0v) is 12.7. The summed E-state index contributed by atoms with van der Waals surface area (Å²) in [5, 5.41) is 7.18. The molecule has 22 heavy (non-hydrogen) atoms. The molecule has 1 aromatic heterocycles. The SMILES string of the molecule is Cn1cc(N2CC[C@H](NC(=O)c3ccccc3Cl)C2=O)cn1. The van der Waals surface area contributed by atoms with E-state index in [0.29, 0.717) is 23.6 Å². The van der Waals surface area contributed by atoms with Crippen LogP contribution in [0.2, 0.25) is 5.02 Å². The third-order valence-corrected chi connectivity index (χ3v) is 3.96. The molecule has 1 aromatic carbocycles. The van der Waals surface area contributed by atoms with Crippen molar-refractivity contribution >= 4 is 29.1 Å². The molecule has 0 saturated carbocycles. The molecule has 1 fully saturated rings. The highest BCUT2D eigenvalue weighted by Gasteiger charge is 2.34. The van der Waals surface area contributed by atoms with E-state index in [1.165, 1.54) is 0 Å². The maximum atomic E-state index is 12.4. The molecule has 114 valence electrons. The van der Waals surface area contributed by atoms with Crippen LogP contribution in [0.1, 0.15) is 16.8 Å². The molecule has 2 aromatic rings. The van der Waals surface area contributed by atoms with Crippen LogP contribution in [0.3, 0.4) is 0 Å². The zero-order chi connectivity index (χ0) is 15.7. The van der Waals surface area contributed by atoms with Crippen molar-refractivity contribution < 1.29 is 9.59 Å². The predicted octanol–water partition coefficient (Wildman–Crippen LogP) is 1.61. The van der Waals surface area contributed by atoms with Gasteiger partial charge < -0.3 is 10.2 Å². The van der Waals surface area contributed by atoms with Gasteiger partial charge in [0.2, 0.25) is 5.91 Å². The molecule has 1 atom stereocenters. The summed E-state index contributed by atoms with van der Waals surface area (Å²) in [5.74, 6) is -0.467. The summed E-state index contributed by atoms with van der Waals surface area (Å²) in [5.41, 5.74) is 1.11. The highest BCUT2D eigenvalue weighted by Crippen LogP contribution is 2.21. The fourth-order valence-corrected chi connectivity index (χ4v) is 2.72. The summed E-state index contributed by atoms with van der Waals surface area (Å²) in [7, 11) is 1.79. The summed E-state index contributed by atoms with van der Waals surface area (Å²) in [6.07, 6.45) is 3.97. The van der Waals surface area contributed by atoms with Crippen molar-refractivity contribution in [2.75, 3.05) is 11.4 Å². The topological polar surface area (TPSA) is 67.2 Å². The second kappa shape index (κ2) is 5.81. The third-order valence-electron chi connectivity index (χ3n) is 3.63. The molecule has 1 aliphatic heterocycles. The number of amides is 2. The number of hydrogen-bond donors (Lipinski definition) is 1. The van der Waals surface area contributed by atoms with Gasteiger partial charge in [-0.3, -0.25) is 14.3 Å². The zero-order valence-electron chi connectivity index (χ0n) is 12.0. The van der Waals surface area contributed by atoms with E-state index in [1.54, 1.807) is 53.3 Å². The van der Waals surface area contributed by atoms with Gasteiger partial charge in [0.1, 0.15) is 6.04 Å². The fourth-order valence-electron chi connectivity index (χ4n) is 2.50. The average molecular weight is 319 g/mol. The molecule has 2 amide bonds. The van der Waals surface area contributed by atoms with Crippen LogP contribution in [0, 0.1) is 0 Å². The van der Waals surface area contributed by atoms with Gasteiger partial charge in [-0.1, -0.05) is 23.7 Å². The third kappa shape index (κ3) is 2.69. The molecule has 1 aliphatic rings. The largest absolute Gasteiger partial charge is 0.340 e. The van der Waals surface area contributed by atoms with E-state index in [1.807, 2.05) is 0 Å². The van der Waals surface area contributed by atoms with Gasteiger partial charge in [-0.15, -0.1) is 0 Å². The molecular formula is C15H15ClN4O2. The number of nitrogens with zero attached hydrogens (tertiary/aromatic N) is 3. The van der Waals surface area contributed by atoms with E-state index < -0.39 is 6.04 Å². The number of aryl methyl sites for hydroxylation is 1.